The number of hydrogen-bond acceptors (Lipinski definition) is 5. The fourth-order valence-corrected chi connectivity index (χ4v) is 3.87. The Morgan fingerprint density at radius 2 is 2.00 bits per heavy atom. The molecule has 23 heavy (non-hydrogen) atoms. The highest BCUT2D eigenvalue weighted by Gasteiger charge is 2.36. The van der Waals surface area contributed by atoms with E-state index in [4.69, 9.17) is 4.74 Å². The van der Waals surface area contributed by atoms with E-state index >= 15 is 0 Å². The van der Waals surface area contributed by atoms with Gasteiger partial charge >= 0.3 is 0 Å². The van der Waals surface area contributed by atoms with Crippen LogP contribution < -0.4 is 4.74 Å². The number of aliphatic hydroxyl groups excluding tert-OH is 1. The van der Waals surface area contributed by atoms with Crippen molar-refractivity contribution in [2.75, 3.05) is 39.1 Å². The zero-order valence-electron chi connectivity index (χ0n) is 14.0. The van der Waals surface area contributed by atoms with E-state index in [1.54, 1.807) is 24.3 Å². The molecule has 1 heterocycles. The standard InChI is InChI=1S/C17H27NO4S/c1-3-8-17(14-19)9-10-18(13-17)11-12-22-15-4-6-16(7-5-15)23(2,20)21/h4-7,19H,3,8-14H2,1-2H3. The van der Waals surface area contributed by atoms with Crippen LogP contribution in [0.5, 0.6) is 5.75 Å². The monoisotopic (exact) mass is 341 g/mol. The number of sulfone groups is 1. The molecular formula is C17H27NO4S. The Morgan fingerprint density at radius 3 is 2.57 bits per heavy atom. The highest BCUT2D eigenvalue weighted by Crippen LogP contribution is 2.34. The maximum atomic E-state index is 11.4. The van der Waals surface area contributed by atoms with Crippen LogP contribution in [0.3, 0.4) is 0 Å². The molecule has 0 aromatic heterocycles. The van der Waals surface area contributed by atoms with Gasteiger partial charge in [-0.25, -0.2) is 8.42 Å². The van der Waals surface area contributed by atoms with Crippen molar-refractivity contribution in [3.8, 4) is 5.75 Å². The van der Waals surface area contributed by atoms with Crippen LogP contribution in [0.25, 0.3) is 0 Å². The van der Waals surface area contributed by atoms with Gasteiger partial charge in [0, 0.05) is 31.4 Å². The summed E-state index contributed by atoms with van der Waals surface area (Å²) in [6.45, 7) is 5.71. The van der Waals surface area contributed by atoms with Gasteiger partial charge < -0.3 is 9.84 Å². The average molecular weight is 341 g/mol. The first-order valence-corrected chi connectivity index (χ1v) is 10.0. The number of ether oxygens (including phenoxy) is 1. The van der Waals surface area contributed by atoms with Gasteiger partial charge in [-0.3, -0.25) is 4.90 Å². The molecule has 0 saturated carbocycles. The fourth-order valence-electron chi connectivity index (χ4n) is 3.24. The number of aliphatic hydroxyl groups is 1. The van der Waals surface area contributed by atoms with E-state index in [0.717, 1.165) is 38.9 Å². The predicted molar refractivity (Wildman–Crippen MR) is 90.5 cm³/mol. The van der Waals surface area contributed by atoms with Gasteiger partial charge in [0.05, 0.1) is 4.90 Å². The minimum absolute atomic E-state index is 0.0614. The molecule has 1 atom stereocenters. The van der Waals surface area contributed by atoms with E-state index in [1.165, 1.54) is 6.26 Å². The third-order valence-corrected chi connectivity index (χ3v) is 5.69. The summed E-state index contributed by atoms with van der Waals surface area (Å²) in [5.74, 6) is 0.679. The lowest BCUT2D eigenvalue weighted by atomic mass is 9.83. The SMILES string of the molecule is CCCC1(CO)CCN(CCOc2ccc(S(C)(=O)=O)cc2)C1. The summed E-state index contributed by atoms with van der Waals surface area (Å²) in [6.07, 6.45) is 4.39. The summed E-state index contributed by atoms with van der Waals surface area (Å²) in [7, 11) is -3.16. The smallest absolute Gasteiger partial charge is 0.175 e. The number of hydrogen-bond donors (Lipinski definition) is 1. The normalized spacial score (nSPS) is 22.4. The Bertz CT molecular complexity index is 600. The minimum Gasteiger partial charge on any atom is -0.492 e. The lowest BCUT2D eigenvalue weighted by Gasteiger charge is -2.26. The molecule has 0 radical (unpaired) electrons. The summed E-state index contributed by atoms with van der Waals surface area (Å²) in [4.78, 5) is 2.63. The predicted octanol–water partition coefficient (Wildman–Crippen LogP) is 1.95. The minimum atomic E-state index is -3.16. The van der Waals surface area contributed by atoms with E-state index < -0.39 is 9.84 Å². The van der Waals surface area contributed by atoms with Crippen molar-refractivity contribution in [1.29, 1.82) is 0 Å². The van der Waals surface area contributed by atoms with Crippen LogP contribution in [-0.4, -0.2) is 57.5 Å². The molecule has 1 aromatic carbocycles. The highest BCUT2D eigenvalue weighted by atomic mass is 32.2. The molecule has 1 unspecified atom stereocenters. The maximum Gasteiger partial charge on any atom is 0.175 e. The van der Waals surface area contributed by atoms with E-state index in [9.17, 15) is 13.5 Å². The van der Waals surface area contributed by atoms with Crippen molar-refractivity contribution in [3.63, 3.8) is 0 Å². The van der Waals surface area contributed by atoms with E-state index in [2.05, 4.69) is 11.8 Å². The average Bonchev–Trinajstić information content (AvgIpc) is 2.91. The molecule has 6 heteroatoms. The highest BCUT2D eigenvalue weighted by molar-refractivity contribution is 7.90. The van der Waals surface area contributed by atoms with Gasteiger partial charge in [0.25, 0.3) is 0 Å². The summed E-state index contributed by atoms with van der Waals surface area (Å²) in [5, 5.41) is 9.65. The summed E-state index contributed by atoms with van der Waals surface area (Å²) in [6, 6.07) is 6.52. The van der Waals surface area contributed by atoms with E-state index in [1.807, 2.05) is 0 Å². The molecule has 1 aliphatic heterocycles. The zero-order chi connectivity index (χ0) is 16.9. The molecule has 0 spiro atoms. The molecule has 0 aliphatic carbocycles. The summed E-state index contributed by atoms with van der Waals surface area (Å²) >= 11 is 0. The lowest BCUT2D eigenvalue weighted by molar-refractivity contribution is 0.115. The second-order valence-corrected chi connectivity index (χ2v) is 8.54. The zero-order valence-corrected chi connectivity index (χ0v) is 14.8. The molecule has 130 valence electrons. The molecule has 1 aromatic rings. The van der Waals surface area contributed by atoms with Gasteiger partial charge in [-0.05, 0) is 43.7 Å². The molecular weight excluding hydrogens is 314 g/mol. The second kappa shape index (κ2) is 7.64. The first-order chi connectivity index (χ1) is 10.9. The third kappa shape index (κ3) is 4.93. The van der Waals surface area contributed by atoms with Gasteiger partial charge in [-0.15, -0.1) is 0 Å². The van der Waals surface area contributed by atoms with Crippen molar-refractivity contribution >= 4 is 9.84 Å². The van der Waals surface area contributed by atoms with Crippen molar-refractivity contribution in [3.05, 3.63) is 24.3 Å². The van der Waals surface area contributed by atoms with Gasteiger partial charge in [0.2, 0.25) is 0 Å². The topological polar surface area (TPSA) is 66.8 Å². The Kier molecular flexibility index (Phi) is 6.06. The number of likely N-dealkylation sites (tertiary alicyclic amines) is 1. The number of rotatable bonds is 8. The third-order valence-electron chi connectivity index (χ3n) is 4.56. The van der Waals surface area contributed by atoms with Crippen LogP contribution in [0.1, 0.15) is 26.2 Å². The molecule has 0 amide bonds. The summed E-state index contributed by atoms with van der Waals surface area (Å²) < 4.78 is 28.5. The van der Waals surface area contributed by atoms with Crippen molar-refractivity contribution in [1.82, 2.24) is 4.90 Å². The van der Waals surface area contributed by atoms with Gasteiger partial charge in [-0.1, -0.05) is 13.3 Å². The Hall–Kier alpha value is -1.11. The molecule has 5 nitrogen and oxygen atoms in total. The van der Waals surface area contributed by atoms with Gasteiger partial charge in [-0.2, -0.15) is 0 Å². The second-order valence-electron chi connectivity index (χ2n) is 6.53. The van der Waals surface area contributed by atoms with E-state index in [0.29, 0.717) is 17.3 Å². The van der Waals surface area contributed by atoms with Crippen molar-refractivity contribution < 1.29 is 18.3 Å². The first kappa shape index (κ1) is 18.2. The largest absolute Gasteiger partial charge is 0.492 e. The number of nitrogens with zero attached hydrogens (tertiary/aromatic N) is 1. The fraction of sp³-hybridized carbons (Fsp3) is 0.647. The van der Waals surface area contributed by atoms with Crippen LogP contribution in [0, 0.1) is 5.41 Å². The van der Waals surface area contributed by atoms with Crippen molar-refractivity contribution in [2.45, 2.75) is 31.1 Å². The van der Waals surface area contributed by atoms with Crippen LogP contribution in [0.4, 0.5) is 0 Å². The number of benzene rings is 1. The van der Waals surface area contributed by atoms with Gasteiger partial charge in [0.15, 0.2) is 9.84 Å². The van der Waals surface area contributed by atoms with Crippen molar-refractivity contribution in [2.24, 2.45) is 5.41 Å². The molecule has 1 fully saturated rings. The van der Waals surface area contributed by atoms with Crippen LogP contribution >= 0.6 is 0 Å². The molecule has 1 aliphatic rings. The van der Waals surface area contributed by atoms with Crippen LogP contribution in [0.2, 0.25) is 0 Å². The lowest BCUT2D eigenvalue weighted by Crippen LogP contribution is -2.32. The van der Waals surface area contributed by atoms with Crippen LogP contribution in [-0.2, 0) is 9.84 Å². The summed E-state index contributed by atoms with van der Waals surface area (Å²) in [5.41, 5.74) is 0.0614. The Balaban J connectivity index is 1.80. The quantitative estimate of drug-likeness (QED) is 0.783. The van der Waals surface area contributed by atoms with Gasteiger partial charge in [0.1, 0.15) is 12.4 Å². The first-order valence-electron chi connectivity index (χ1n) is 8.15. The maximum absolute atomic E-state index is 11.4. The molecule has 2 rings (SSSR count). The Morgan fingerprint density at radius 1 is 1.30 bits per heavy atom. The van der Waals surface area contributed by atoms with Crippen LogP contribution in [0.15, 0.2) is 29.2 Å². The molecule has 1 N–H and O–H groups in total. The molecule has 1 saturated heterocycles. The molecule has 0 bridgehead atoms. The van der Waals surface area contributed by atoms with E-state index in [-0.39, 0.29) is 12.0 Å². The Labute approximate surface area is 139 Å².